The van der Waals surface area contributed by atoms with Crippen LogP contribution in [-0.2, 0) is 22.3 Å². The normalized spacial score (nSPS) is 20.0. The second-order valence-electron chi connectivity index (χ2n) is 10.7. The van der Waals surface area contributed by atoms with Crippen LogP contribution in [-0.4, -0.2) is 57.8 Å². The number of nitrogens with one attached hydrogen (secondary N) is 1. The number of alkyl halides is 3. The van der Waals surface area contributed by atoms with E-state index in [1.165, 1.54) is 17.5 Å². The quantitative estimate of drug-likeness (QED) is 0.358. The number of pyridine rings is 1. The van der Waals surface area contributed by atoms with Crippen LogP contribution >= 0.6 is 12.6 Å². The summed E-state index contributed by atoms with van der Waals surface area (Å²) < 4.78 is 39.3. The predicted octanol–water partition coefficient (Wildman–Crippen LogP) is 5.20. The van der Waals surface area contributed by atoms with E-state index in [1.807, 2.05) is 0 Å². The maximum atomic E-state index is 13.4. The fourth-order valence-electron chi connectivity index (χ4n) is 4.98. The van der Waals surface area contributed by atoms with Gasteiger partial charge in [-0.2, -0.15) is 13.2 Å². The fourth-order valence-corrected chi connectivity index (χ4v) is 5.29. The molecule has 210 valence electrons. The minimum Gasteiger partial charge on any atom is -0.311 e. The Balaban J connectivity index is 1.45. The van der Waals surface area contributed by atoms with Crippen molar-refractivity contribution in [2.24, 2.45) is 5.92 Å². The number of aromatic nitrogens is 1. The lowest BCUT2D eigenvalue weighted by molar-refractivity contribution is -0.137. The van der Waals surface area contributed by atoms with Crippen molar-refractivity contribution in [2.45, 2.75) is 63.2 Å². The summed E-state index contributed by atoms with van der Waals surface area (Å²) in [5, 5.41) is 2.80. The Labute approximate surface area is 231 Å². The van der Waals surface area contributed by atoms with Gasteiger partial charge < -0.3 is 15.1 Å². The molecule has 1 aromatic carbocycles. The summed E-state index contributed by atoms with van der Waals surface area (Å²) in [5.41, 5.74) is -1.61. The van der Waals surface area contributed by atoms with Crippen molar-refractivity contribution in [3.05, 3.63) is 47.7 Å². The molecular weight excluding hydrogens is 531 g/mol. The van der Waals surface area contributed by atoms with Crippen molar-refractivity contribution >= 4 is 42.0 Å². The Morgan fingerprint density at radius 2 is 1.95 bits per heavy atom. The van der Waals surface area contributed by atoms with E-state index in [4.69, 9.17) is 0 Å². The number of likely N-dealkylation sites (tertiary alicyclic amines) is 1. The number of piperidine rings is 1. The monoisotopic (exact) mass is 563 g/mol. The molecular formula is C27H32F3N5O3S. The molecule has 1 N–H and O–H groups in total. The van der Waals surface area contributed by atoms with Gasteiger partial charge in [-0.3, -0.25) is 9.59 Å². The van der Waals surface area contributed by atoms with Gasteiger partial charge in [-0.1, -0.05) is 6.92 Å². The molecule has 4 amide bonds. The summed E-state index contributed by atoms with van der Waals surface area (Å²) in [4.78, 5) is 47.7. The highest BCUT2D eigenvalue weighted by Crippen LogP contribution is 2.39. The molecule has 3 heterocycles. The Kier molecular flexibility index (Phi) is 8.27. The van der Waals surface area contributed by atoms with Gasteiger partial charge in [0.1, 0.15) is 11.4 Å². The minimum atomic E-state index is -4.58. The number of rotatable bonds is 7. The highest BCUT2D eigenvalue weighted by atomic mass is 32.1. The first-order valence-electron chi connectivity index (χ1n) is 12.8. The predicted molar refractivity (Wildman–Crippen MR) is 144 cm³/mol. The maximum Gasteiger partial charge on any atom is 0.416 e. The van der Waals surface area contributed by atoms with E-state index >= 15 is 0 Å². The third-order valence-corrected chi connectivity index (χ3v) is 7.55. The summed E-state index contributed by atoms with van der Waals surface area (Å²) in [6.45, 7) is 8.01. The Bertz CT molecular complexity index is 1270. The number of thiol groups is 1. The van der Waals surface area contributed by atoms with Crippen LogP contribution in [0.2, 0.25) is 0 Å². The average molecular weight is 564 g/mol. The first-order chi connectivity index (χ1) is 18.3. The molecule has 39 heavy (non-hydrogen) atoms. The Morgan fingerprint density at radius 1 is 1.21 bits per heavy atom. The molecule has 4 rings (SSSR count). The molecule has 2 saturated heterocycles. The van der Waals surface area contributed by atoms with Crippen LogP contribution in [0, 0.1) is 5.92 Å². The van der Waals surface area contributed by atoms with E-state index in [-0.39, 0.29) is 23.0 Å². The second kappa shape index (κ2) is 11.2. The van der Waals surface area contributed by atoms with E-state index < -0.39 is 29.2 Å². The SMILES string of the molecule is CC1CCCN(CCC(=O)Nc2cc(CN3C(=O)N(c4ccc(C(F)(F)F)cc4S)C(=O)C3(C)C)ccn2)C1. The fraction of sp³-hybridized carbons (Fsp3) is 0.481. The number of hydrogen-bond donors (Lipinski definition) is 2. The Morgan fingerprint density at radius 3 is 2.62 bits per heavy atom. The van der Waals surface area contributed by atoms with Gasteiger partial charge in [-0.25, -0.2) is 14.7 Å². The molecule has 0 saturated carbocycles. The maximum absolute atomic E-state index is 13.4. The minimum absolute atomic E-state index is 0.0215. The number of nitrogens with zero attached hydrogens (tertiary/aromatic N) is 4. The number of anilines is 2. The van der Waals surface area contributed by atoms with E-state index in [9.17, 15) is 27.6 Å². The molecule has 2 fully saturated rings. The van der Waals surface area contributed by atoms with Crippen LogP contribution in [0.5, 0.6) is 0 Å². The zero-order valence-electron chi connectivity index (χ0n) is 22.1. The molecule has 1 unspecified atom stereocenters. The molecule has 1 aromatic heterocycles. The number of benzene rings is 1. The molecule has 0 spiro atoms. The molecule has 8 nitrogen and oxygen atoms in total. The number of carbonyl (C=O) groups excluding carboxylic acids is 3. The standard InChI is InChI=1S/C27H32F3N5O3S/c1-17-5-4-11-33(15-17)12-9-23(36)32-22-13-18(8-10-31-22)16-34-25(38)35(24(37)26(34,2)3)20-7-6-19(14-21(20)39)27(28,29)30/h6-8,10,13-14,17,39H,4-5,9,11-12,15-16H2,1-3H3,(H,31,32,36). The third kappa shape index (κ3) is 6.38. The highest BCUT2D eigenvalue weighted by molar-refractivity contribution is 7.80. The first kappa shape index (κ1) is 28.9. The van der Waals surface area contributed by atoms with E-state index in [2.05, 4.69) is 34.8 Å². The third-order valence-electron chi connectivity index (χ3n) is 7.20. The lowest BCUT2D eigenvalue weighted by atomic mass is 10.0. The van der Waals surface area contributed by atoms with Gasteiger partial charge in [0, 0.05) is 37.1 Å². The van der Waals surface area contributed by atoms with Gasteiger partial charge in [-0.15, -0.1) is 12.6 Å². The molecule has 2 aliphatic heterocycles. The van der Waals surface area contributed by atoms with Crippen molar-refractivity contribution in [3.8, 4) is 0 Å². The zero-order chi connectivity index (χ0) is 28.5. The van der Waals surface area contributed by atoms with Gasteiger partial charge in [0.25, 0.3) is 5.91 Å². The number of halogens is 3. The smallest absolute Gasteiger partial charge is 0.311 e. The van der Waals surface area contributed by atoms with Crippen molar-refractivity contribution < 1.29 is 27.6 Å². The van der Waals surface area contributed by atoms with Crippen LogP contribution in [0.3, 0.4) is 0 Å². The van der Waals surface area contributed by atoms with Crippen LogP contribution in [0.15, 0.2) is 41.4 Å². The van der Waals surface area contributed by atoms with Crippen molar-refractivity contribution in [2.75, 3.05) is 29.9 Å². The van der Waals surface area contributed by atoms with E-state index in [0.29, 0.717) is 30.3 Å². The lowest BCUT2D eigenvalue weighted by Gasteiger charge is -2.30. The molecule has 2 aliphatic rings. The molecule has 2 aromatic rings. The van der Waals surface area contributed by atoms with Gasteiger partial charge in [0.05, 0.1) is 11.3 Å². The van der Waals surface area contributed by atoms with E-state index in [1.54, 1.807) is 26.0 Å². The van der Waals surface area contributed by atoms with Gasteiger partial charge >= 0.3 is 12.2 Å². The summed E-state index contributed by atoms with van der Waals surface area (Å²) >= 11 is 4.13. The molecule has 0 aliphatic carbocycles. The van der Waals surface area contributed by atoms with Gasteiger partial charge in [0.15, 0.2) is 0 Å². The molecule has 12 heteroatoms. The first-order valence-corrected chi connectivity index (χ1v) is 13.3. The number of carbonyl (C=O) groups is 3. The number of imide groups is 1. The molecule has 0 radical (unpaired) electrons. The second-order valence-corrected chi connectivity index (χ2v) is 11.1. The largest absolute Gasteiger partial charge is 0.416 e. The summed E-state index contributed by atoms with van der Waals surface area (Å²) in [7, 11) is 0. The summed E-state index contributed by atoms with van der Waals surface area (Å²) in [6, 6.07) is 5.31. The lowest BCUT2D eigenvalue weighted by Crippen LogP contribution is -2.43. The van der Waals surface area contributed by atoms with Gasteiger partial charge in [-0.05, 0) is 75.0 Å². The van der Waals surface area contributed by atoms with Gasteiger partial charge in [0.2, 0.25) is 5.91 Å². The summed E-state index contributed by atoms with van der Waals surface area (Å²) in [5.74, 6) is 0.203. The van der Waals surface area contributed by atoms with Crippen LogP contribution in [0.25, 0.3) is 0 Å². The number of urea groups is 1. The van der Waals surface area contributed by atoms with Crippen molar-refractivity contribution in [3.63, 3.8) is 0 Å². The molecule has 0 bridgehead atoms. The average Bonchev–Trinajstić information content (AvgIpc) is 3.02. The number of hydrogen-bond acceptors (Lipinski definition) is 6. The zero-order valence-corrected chi connectivity index (χ0v) is 23.0. The topological polar surface area (TPSA) is 85.9 Å². The molecule has 1 atom stereocenters. The number of amides is 4. The van der Waals surface area contributed by atoms with E-state index in [0.717, 1.165) is 42.6 Å². The summed E-state index contributed by atoms with van der Waals surface area (Å²) in [6.07, 6.45) is -0.406. The van der Waals surface area contributed by atoms with Crippen molar-refractivity contribution in [1.29, 1.82) is 0 Å². The van der Waals surface area contributed by atoms with Crippen molar-refractivity contribution in [1.82, 2.24) is 14.8 Å². The highest BCUT2D eigenvalue weighted by Gasteiger charge is 2.52. The van der Waals surface area contributed by atoms with Crippen LogP contribution in [0.1, 0.15) is 51.2 Å². The Hall–Kier alpha value is -3.12. The van der Waals surface area contributed by atoms with Crippen LogP contribution < -0.4 is 10.2 Å². The van der Waals surface area contributed by atoms with Crippen LogP contribution in [0.4, 0.5) is 29.5 Å².